The van der Waals surface area contributed by atoms with Crippen molar-refractivity contribution >= 4 is 10.9 Å². The Morgan fingerprint density at radius 3 is 2.94 bits per heavy atom. The lowest BCUT2D eigenvalue weighted by molar-refractivity contribution is 0.646. The third kappa shape index (κ3) is 2.30. The summed E-state index contributed by atoms with van der Waals surface area (Å²) in [6.07, 6.45) is 7.49. The molecule has 2 heteroatoms. The van der Waals surface area contributed by atoms with Crippen molar-refractivity contribution in [3.63, 3.8) is 0 Å². The number of nitrogens with zero attached hydrogens (tertiary/aromatic N) is 1. The molecule has 3 rings (SSSR count). The molecule has 1 aromatic carbocycles. The van der Waals surface area contributed by atoms with E-state index in [-0.39, 0.29) is 0 Å². The molecule has 0 spiro atoms. The maximum atomic E-state index is 3.59. The highest BCUT2D eigenvalue weighted by atomic mass is 14.9. The van der Waals surface area contributed by atoms with Crippen LogP contribution in [0.5, 0.6) is 0 Å². The first-order chi connectivity index (χ1) is 8.75. The summed E-state index contributed by atoms with van der Waals surface area (Å²) in [5.41, 5.74) is 4.26. The van der Waals surface area contributed by atoms with Crippen LogP contribution in [-0.4, -0.2) is 17.2 Å². The summed E-state index contributed by atoms with van der Waals surface area (Å²) in [7, 11) is 2.15. The second-order valence-electron chi connectivity index (χ2n) is 5.57. The van der Waals surface area contributed by atoms with E-state index in [2.05, 4.69) is 48.3 Å². The van der Waals surface area contributed by atoms with Gasteiger partial charge in [-0.15, -0.1) is 0 Å². The van der Waals surface area contributed by atoms with Crippen LogP contribution in [0.25, 0.3) is 10.9 Å². The zero-order chi connectivity index (χ0) is 12.5. The molecule has 0 aliphatic heterocycles. The smallest absolute Gasteiger partial charge is 0.0510 e. The van der Waals surface area contributed by atoms with Crippen molar-refractivity contribution in [2.45, 2.75) is 38.6 Å². The van der Waals surface area contributed by atoms with Crippen LogP contribution < -0.4 is 5.32 Å². The first-order valence-electron chi connectivity index (χ1n) is 7.02. The molecule has 2 aromatic rings. The lowest BCUT2D eigenvalue weighted by Crippen LogP contribution is -2.17. The van der Waals surface area contributed by atoms with E-state index in [0.29, 0.717) is 0 Å². The van der Waals surface area contributed by atoms with E-state index in [1.807, 2.05) is 0 Å². The van der Waals surface area contributed by atoms with Crippen LogP contribution in [0.4, 0.5) is 0 Å². The first-order valence-corrected chi connectivity index (χ1v) is 7.02. The highest BCUT2D eigenvalue weighted by molar-refractivity contribution is 5.86. The van der Waals surface area contributed by atoms with Crippen molar-refractivity contribution in [2.75, 3.05) is 6.54 Å². The number of benzene rings is 1. The van der Waals surface area contributed by atoms with Gasteiger partial charge in [-0.3, -0.25) is 0 Å². The Labute approximate surface area is 109 Å². The fourth-order valence-electron chi connectivity index (χ4n) is 2.83. The van der Waals surface area contributed by atoms with Gasteiger partial charge in [-0.2, -0.15) is 0 Å². The molecule has 2 nitrogen and oxygen atoms in total. The Kier molecular flexibility index (Phi) is 3.13. The van der Waals surface area contributed by atoms with Gasteiger partial charge in [-0.1, -0.05) is 18.2 Å². The number of para-hydroxylation sites is 1. The third-order valence-electron chi connectivity index (χ3n) is 3.92. The SMILES string of the molecule is Cc1cccc2c(CCCNC3CC3)cn(C)c12. The summed E-state index contributed by atoms with van der Waals surface area (Å²) in [5, 5.41) is 5.02. The van der Waals surface area contributed by atoms with Crippen molar-refractivity contribution in [1.82, 2.24) is 9.88 Å². The zero-order valence-corrected chi connectivity index (χ0v) is 11.4. The molecule has 18 heavy (non-hydrogen) atoms. The molecule has 96 valence electrons. The van der Waals surface area contributed by atoms with E-state index in [4.69, 9.17) is 0 Å². The molecular formula is C16H22N2. The van der Waals surface area contributed by atoms with Gasteiger partial charge in [0.2, 0.25) is 0 Å². The lowest BCUT2D eigenvalue weighted by atomic mass is 10.1. The lowest BCUT2D eigenvalue weighted by Gasteiger charge is -2.02. The molecule has 0 atom stereocenters. The Morgan fingerprint density at radius 2 is 2.17 bits per heavy atom. The minimum Gasteiger partial charge on any atom is -0.350 e. The Morgan fingerprint density at radius 1 is 1.33 bits per heavy atom. The van der Waals surface area contributed by atoms with Crippen molar-refractivity contribution < 1.29 is 0 Å². The molecule has 1 saturated carbocycles. The average Bonchev–Trinajstić information content (AvgIpc) is 3.11. The molecule has 1 aliphatic carbocycles. The van der Waals surface area contributed by atoms with Crippen molar-refractivity contribution in [2.24, 2.45) is 7.05 Å². The summed E-state index contributed by atoms with van der Waals surface area (Å²) in [5.74, 6) is 0. The summed E-state index contributed by atoms with van der Waals surface area (Å²) >= 11 is 0. The van der Waals surface area contributed by atoms with Gasteiger partial charge in [0.05, 0.1) is 5.52 Å². The fraction of sp³-hybridized carbons (Fsp3) is 0.500. The quantitative estimate of drug-likeness (QED) is 0.797. The fourth-order valence-corrected chi connectivity index (χ4v) is 2.83. The van der Waals surface area contributed by atoms with Gasteiger partial charge in [0.25, 0.3) is 0 Å². The number of rotatable bonds is 5. The summed E-state index contributed by atoms with van der Waals surface area (Å²) in [4.78, 5) is 0. The molecule has 1 N–H and O–H groups in total. The predicted octanol–water partition coefficient (Wildman–Crippen LogP) is 3.17. The minimum absolute atomic E-state index is 0.833. The van der Waals surface area contributed by atoms with Crippen molar-refractivity contribution in [1.29, 1.82) is 0 Å². The van der Waals surface area contributed by atoms with Gasteiger partial charge >= 0.3 is 0 Å². The Hall–Kier alpha value is -1.28. The van der Waals surface area contributed by atoms with Crippen molar-refractivity contribution in [3.05, 3.63) is 35.5 Å². The summed E-state index contributed by atoms with van der Waals surface area (Å²) in [6, 6.07) is 7.45. The number of nitrogens with one attached hydrogen (secondary N) is 1. The molecule has 0 saturated heterocycles. The van der Waals surface area contributed by atoms with Crippen LogP contribution in [0.15, 0.2) is 24.4 Å². The van der Waals surface area contributed by atoms with E-state index in [9.17, 15) is 0 Å². The molecule has 1 fully saturated rings. The van der Waals surface area contributed by atoms with Gasteiger partial charge in [-0.25, -0.2) is 0 Å². The molecule has 0 bridgehead atoms. The van der Waals surface area contributed by atoms with Gasteiger partial charge < -0.3 is 9.88 Å². The van der Waals surface area contributed by atoms with E-state index >= 15 is 0 Å². The number of aryl methyl sites for hydroxylation is 3. The number of hydrogen-bond acceptors (Lipinski definition) is 1. The molecule has 0 radical (unpaired) electrons. The first kappa shape index (κ1) is 11.8. The standard InChI is InChI=1S/C16H22N2/c1-12-5-3-7-15-13(11-18(2)16(12)15)6-4-10-17-14-8-9-14/h3,5,7,11,14,17H,4,6,8-10H2,1-2H3. The minimum atomic E-state index is 0.833. The number of hydrogen-bond donors (Lipinski definition) is 1. The maximum absolute atomic E-state index is 3.59. The van der Waals surface area contributed by atoms with Crippen LogP contribution in [0.2, 0.25) is 0 Å². The highest BCUT2D eigenvalue weighted by Gasteiger charge is 2.19. The molecule has 1 heterocycles. The van der Waals surface area contributed by atoms with Gasteiger partial charge in [-0.05, 0) is 50.3 Å². The third-order valence-corrected chi connectivity index (χ3v) is 3.92. The Bertz CT molecular complexity index is 549. The van der Waals surface area contributed by atoms with Crippen molar-refractivity contribution in [3.8, 4) is 0 Å². The van der Waals surface area contributed by atoms with Gasteiger partial charge in [0.1, 0.15) is 0 Å². The van der Waals surface area contributed by atoms with Crippen LogP contribution in [0.3, 0.4) is 0 Å². The molecule has 0 unspecified atom stereocenters. The number of aromatic nitrogens is 1. The monoisotopic (exact) mass is 242 g/mol. The largest absolute Gasteiger partial charge is 0.350 e. The van der Waals surface area contributed by atoms with E-state index in [1.165, 1.54) is 47.7 Å². The topological polar surface area (TPSA) is 17.0 Å². The molecule has 1 aromatic heterocycles. The average molecular weight is 242 g/mol. The van der Waals surface area contributed by atoms with E-state index in [0.717, 1.165) is 12.6 Å². The highest BCUT2D eigenvalue weighted by Crippen LogP contribution is 2.24. The van der Waals surface area contributed by atoms with E-state index in [1.54, 1.807) is 0 Å². The number of fused-ring (bicyclic) bond motifs is 1. The second kappa shape index (κ2) is 4.77. The normalized spacial score (nSPS) is 15.4. The van der Waals surface area contributed by atoms with E-state index < -0.39 is 0 Å². The zero-order valence-electron chi connectivity index (χ0n) is 11.4. The summed E-state index contributed by atoms with van der Waals surface area (Å²) < 4.78 is 2.27. The van der Waals surface area contributed by atoms with Crippen LogP contribution in [0.1, 0.15) is 30.4 Å². The van der Waals surface area contributed by atoms with Crippen LogP contribution in [-0.2, 0) is 13.5 Å². The molecule has 0 amide bonds. The van der Waals surface area contributed by atoms with Crippen LogP contribution >= 0.6 is 0 Å². The van der Waals surface area contributed by atoms with Gasteiger partial charge in [0.15, 0.2) is 0 Å². The molecule has 1 aliphatic rings. The second-order valence-corrected chi connectivity index (χ2v) is 5.57. The predicted molar refractivity (Wildman–Crippen MR) is 77.0 cm³/mol. The van der Waals surface area contributed by atoms with Gasteiger partial charge in [0, 0.05) is 24.7 Å². The molecular weight excluding hydrogens is 220 g/mol. The maximum Gasteiger partial charge on any atom is 0.0510 e. The summed E-state index contributed by atoms with van der Waals surface area (Å²) in [6.45, 7) is 3.35. The van der Waals surface area contributed by atoms with Crippen LogP contribution in [0, 0.1) is 6.92 Å². The Balaban J connectivity index is 1.72.